The monoisotopic (exact) mass is 301 g/mol. The number of hydrogen-bond acceptors (Lipinski definition) is 2. The molecule has 1 unspecified atom stereocenters. The molecule has 1 atom stereocenters. The summed E-state index contributed by atoms with van der Waals surface area (Å²) in [6.07, 6.45) is 15.9. The summed E-state index contributed by atoms with van der Waals surface area (Å²) in [6, 6.07) is 0. The number of aliphatic hydroxyl groups excluding tert-OH is 1. The Morgan fingerprint density at radius 1 is 0.667 bits per heavy atom. The molecule has 1 N–H and O–H groups in total. The lowest BCUT2D eigenvalue weighted by molar-refractivity contribution is -0.879. The van der Waals surface area contributed by atoms with Gasteiger partial charge in [0.05, 0.1) is 19.7 Å². The van der Waals surface area contributed by atoms with E-state index in [0.29, 0.717) is 19.6 Å². The Morgan fingerprint density at radius 3 is 1.48 bits per heavy atom. The molecule has 3 nitrogen and oxygen atoms in total. The molecule has 0 aromatic heterocycles. The van der Waals surface area contributed by atoms with Crippen molar-refractivity contribution >= 4 is 0 Å². The smallest absolute Gasteiger partial charge is 0.102 e. The minimum Gasteiger partial charge on any atom is -0.633 e. The molecule has 0 radical (unpaired) electrons. The van der Waals surface area contributed by atoms with Crippen LogP contribution in [0.15, 0.2) is 0 Å². The van der Waals surface area contributed by atoms with Crippen molar-refractivity contribution in [1.29, 1.82) is 0 Å². The molecule has 0 aromatic carbocycles. The lowest BCUT2D eigenvalue weighted by atomic mass is 10.1. The third kappa shape index (κ3) is 13.3. The van der Waals surface area contributed by atoms with Crippen molar-refractivity contribution < 1.29 is 9.75 Å². The first-order chi connectivity index (χ1) is 10.2. The van der Waals surface area contributed by atoms with Gasteiger partial charge < -0.3 is 15.0 Å². The predicted molar refractivity (Wildman–Crippen MR) is 92.1 cm³/mol. The number of hydroxylamine groups is 3. The molecule has 0 spiro atoms. The molecule has 0 aromatic rings. The van der Waals surface area contributed by atoms with Crippen molar-refractivity contribution in [2.45, 2.75) is 90.9 Å². The molecule has 0 aliphatic carbocycles. The van der Waals surface area contributed by atoms with Crippen LogP contribution in [0, 0.1) is 5.21 Å². The molecule has 128 valence electrons. The highest BCUT2D eigenvalue weighted by Crippen LogP contribution is 2.13. The molecule has 0 aliphatic rings. The number of hydrogen-bond donors (Lipinski definition) is 1. The van der Waals surface area contributed by atoms with Gasteiger partial charge in [0.2, 0.25) is 0 Å². The topological polar surface area (TPSA) is 43.3 Å². The summed E-state index contributed by atoms with van der Waals surface area (Å²) in [6.45, 7) is 5.81. The zero-order valence-corrected chi connectivity index (χ0v) is 14.6. The summed E-state index contributed by atoms with van der Waals surface area (Å²) < 4.78 is -0.214. The summed E-state index contributed by atoms with van der Waals surface area (Å²) in [4.78, 5) is 0. The van der Waals surface area contributed by atoms with E-state index in [9.17, 15) is 5.21 Å². The second-order valence-electron chi connectivity index (χ2n) is 6.43. The largest absolute Gasteiger partial charge is 0.633 e. The number of quaternary nitrogens is 1. The number of likely N-dealkylation sites (N-methyl/N-ethyl adjacent to an activating group) is 1. The molecule has 0 fully saturated rings. The first-order valence-corrected chi connectivity index (χ1v) is 9.36. The molecule has 0 saturated carbocycles. The van der Waals surface area contributed by atoms with E-state index in [0.717, 1.165) is 6.42 Å². The molecular weight excluding hydrogens is 262 g/mol. The molecule has 0 rings (SSSR count). The van der Waals surface area contributed by atoms with Crippen LogP contribution < -0.4 is 0 Å². The molecular formula is C18H39NO2. The number of unbranched alkanes of at least 4 members (excludes halogenated alkanes) is 11. The normalized spacial score (nSPS) is 14.3. The van der Waals surface area contributed by atoms with Crippen LogP contribution in [-0.4, -0.2) is 36.0 Å². The molecule has 21 heavy (non-hydrogen) atoms. The van der Waals surface area contributed by atoms with E-state index in [1.165, 1.54) is 70.6 Å². The van der Waals surface area contributed by atoms with Gasteiger partial charge in [-0.05, 0) is 19.8 Å². The average Bonchev–Trinajstić information content (AvgIpc) is 2.48. The van der Waals surface area contributed by atoms with Gasteiger partial charge in [0, 0.05) is 0 Å². The summed E-state index contributed by atoms with van der Waals surface area (Å²) in [5.74, 6) is 0. The van der Waals surface area contributed by atoms with Crippen molar-refractivity contribution in [1.82, 2.24) is 0 Å². The second-order valence-corrected chi connectivity index (χ2v) is 6.43. The Bertz CT molecular complexity index is 211. The van der Waals surface area contributed by atoms with Crippen LogP contribution in [0.3, 0.4) is 0 Å². The van der Waals surface area contributed by atoms with Gasteiger partial charge in [0.1, 0.15) is 6.54 Å². The van der Waals surface area contributed by atoms with Gasteiger partial charge in [-0.2, -0.15) is 0 Å². The van der Waals surface area contributed by atoms with E-state index >= 15 is 0 Å². The summed E-state index contributed by atoms with van der Waals surface area (Å²) in [5.41, 5.74) is 0. The van der Waals surface area contributed by atoms with Crippen LogP contribution in [0.1, 0.15) is 90.9 Å². The van der Waals surface area contributed by atoms with Crippen LogP contribution in [0.5, 0.6) is 0 Å². The average molecular weight is 302 g/mol. The van der Waals surface area contributed by atoms with Crippen molar-refractivity contribution in [2.75, 3.05) is 26.2 Å². The fourth-order valence-electron chi connectivity index (χ4n) is 2.85. The van der Waals surface area contributed by atoms with Crippen LogP contribution in [0.4, 0.5) is 0 Å². The fraction of sp³-hybridized carbons (Fsp3) is 1.00. The third-order valence-corrected chi connectivity index (χ3v) is 4.50. The SMILES string of the molecule is CCCCCCCCCCCCCC[N+]([O-])(CC)CCO. The van der Waals surface area contributed by atoms with Crippen molar-refractivity contribution in [3.8, 4) is 0 Å². The van der Waals surface area contributed by atoms with Gasteiger partial charge in [0.15, 0.2) is 0 Å². The number of aliphatic hydroxyl groups is 1. The van der Waals surface area contributed by atoms with Crippen molar-refractivity contribution in [2.24, 2.45) is 0 Å². The van der Waals surface area contributed by atoms with E-state index in [4.69, 9.17) is 5.11 Å². The van der Waals surface area contributed by atoms with Crippen LogP contribution in [0.25, 0.3) is 0 Å². The maximum absolute atomic E-state index is 12.1. The molecule has 0 bridgehead atoms. The highest BCUT2D eigenvalue weighted by atomic mass is 16.5. The maximum Gasteiger partial charge on any atom is 0.102 e. The minimum absolute atomic E-state index is 0.00952. The predicted octanol–water partition coefficient (Wildman–Crippen LogP) is 5.01. The van der Waals surface area contributed by atoms with Crippen molar-refractivity contribution in [3.05, 3.63) is 5.21 Å². The van der Waals surface area contributed by atoms with E-state index in [-0.39, 0.29) is 11.3 Å². The first kappa shape index (κ1) is 20.9. The highest BCUT2D eigenvalue weighted by molar-refractivity contribution is 4.49. The number of nitrogens with zero attached hydrogens (tertiary/aromatic N) is 1. The van der Waals surface area contributed by atoms with Gasteiger partial charge in [-0.25, -0.2) is 0 Å². The maximum atomic E-state index is 12.1. The van der Waals surface area contributed by atoms with Gasteiger partial charge in [0.25, 0.3) is 0 Å². The summed E-state index contributed by atoms with van der Waals surface area (Å²) in [7, 11) is 0. The zero-order chi connectivity index (χ0) is 15.8. The van der Waals surface area contributed by atoms with E-state index in [1.807, 2.05) is 6.92 Å². The Balaban J connectivity index is 3.25. The third-order valence-electron chi connectivity index (χ3n) is 4.50. The summed E-state index contributed by atoms with van der Waals surface area (Å²) >= 11 is 0. The molecule has 0 amide bonds. The van der Waals surface area contributed by atoms with Gasteiger partial charge in [-0.1, -0.05) is 71.1 Å². The first-order valence-electron chi connectivity index (χ1n) is 9.36. The van der Waals surface area contributed by atoms with Gasteiger partial charge >= 0.3 is 0 Å². The zero-order valence-electron chi connectivity index (χ0n) is 14.6. The van der Waals surface area contributed by atoms with E-state index in [1.54, 1.807) is 0 Å². The quantitative estimate of drug-likeness (QED) is 0.247. The van der Waals surface area contributed by atoms with Crippen LogP contribution in [-0.2, 0) is 0 Å². The fourth-order valence-corrected chi connectivity index (χ4v) is 2.85. The van der Waals surface area contributed by atoms with E-state index < -0.39 is 0 Å². The Morgan fingerprint density at radius 2 is 1.10 bits per heavy atom. The van der Waals surface area contributed by atoms with Crippen molar-refractivity contribution in [3.63, 3.8) is 0 Å². The Kier molecular flexibility index (Phi) is 14.7. The molecule has 0 aliphatic heterocycles. The Hall–Kier alpha value is -0.120. The lowest BCUT2D eigenvalue weighted by Crippen LogP contribution is -2.44. The van der Waals surface area contributed by atoms with E-state index in [2.05, 4.69) is 6.92 Å². The molecule has 0 saturated heterocycles. The van der Waals surface area contributed by atoms with Gasteiger partial charge in [-0.3, -0.25) is 0 Å². The van der Waals surface area contributed by atoms with Crippen LogP contribution >= 0.6 is 0 Å². The minimum atomic E-state index is -0.214. The number of rotatable bonds is 16. The molecule has 3 heteroatoms. The Labute approximate surface area is 132 Å². The van der Waals surface area contributed by atoms with Gasteiger partial charge in [-0.15, -0.1) is 0 Å². The standard InChI is InChI=1S/C18H39NO2/c1-3-5-6-7-8-9-10-11-12-13-14-15-16-19(21,4-2)17-18-20/h20H,3-18H2,1-2H3. The van der Waals surface area contributed by atoms with Crippen LogP contribution in [0.2, 0.25) is 0 Å². The second kappa shape index (κ2) is 14.8. The lowest BCUT2D eigenvalue weighted by Gasteiger charge is -2.41. The molecule has 0 heterocycles. The summed E-state index contributed by atoms with van der Waals surface area (Å²) in [5, 5.41) is 21.0. The highest BCUT2D eigenvalue weighted by Gasteiger charge is 2.12.